The monoisotopic (exact) mass is 368 g/mol. The molecular weight excluding hydrogens is 352 g/mol. The minimum atomic E-state index is -0.197. The number of carbonyl (C=O) groups is 2. The van der Waals surface area contributed by atoms with Crippen LogP contribution < -0.4 is 10.6 Å². The lowest BCUT2D eigenvalue weighted by Crippen LogP contribution is -2.37. The van der Waals surface area contributed by atoms with E-state index in [0.717, 1.165) is 20.5 Å². The summed E-state index contributed by atoms with van der Waals surface area (Å²) in [7, 11) is 0. The molecule has 2 N–H and O–H groups in total. The van der Waals surface area contributed by atoms with Gasteiger partial charge in [-0.15, -0.1) is 23.1 Å². The molecule has 0 aliphatic carbocycles. The molecule has 1 aromatic heterocycles. The lowest BCUT2D eigenvalue weighted by Gasteiger charge is -2.07. The molecule has 2 rings (SSSR count). The van der Waals surface area contributed by atoms with E-state index < -0.39 is 0 Å². The summed E-state index contributed by atoms with van der Waals surface area (Å²) in [4.78, 5) is 24.5. The molecule has 0 unspecified atom stereocenters. The smallest absolute Gasteiger partial charge is 0.239 e. The number of thiophene rings is 1. The number of rotatable bonds is 8. The minimum absolute atomic E-state index is 0.00292. The predicted octanol–water partition coefficient (Wildman–Crippen LogP) is 3.07. The van der Waals surface area contributed by atoms with Crippen molar-refractivity contribution in [3.8, 4) is 0 Å². The molecule has 0 radical (unpaired) electrons. The lowest BCUT2D eigenvalue weighted by atomic mass is 10.2. The van der Waals surface area contributed by atoms with E-state index in [1.54, 1.807) is 0 Å². The van der Waals surface area contributed by atoms with E-state index in [1.165, 1.54) is 23.1 Å². The molecule has 0 aliphatic rings. The van der Waals surface area contributed by atoms with Gasteiger partial charge >= 0.3 is 0 Å². The number of hydrogen-bond acceptors (Lipinski definition) is 4. The van der Waals surface area contributed by atoms with Gasteiger partial charge in [0.15, 0.2) is 0 Å². The highest BCUT2D eigenvalue weighted by Gasteiger charge is 2.06. The summed E-state index contributed by atoms with van der Waals surface area (Å²) in [5.41, 5.74) is 1.03. The second kappa shape index (κ2) is 9.60. The van der Waals surface area contributed by atoms with Crippen molar-refractivity contribution in [1.82, 2.24) is 10.6 Å². The van der Waals surface area contributed by atoms with Gasteiger partial charge in [-0.25, -0.2) is 0 Å². The first-order valence-electron chi connectivity index (χ1n) is 7.03. The Morgan fingerprint density at radius 3 is 2.52 bits per heavy atom. The van der Waals surface area contributed by atoms with Crippen LogP contribution in [0, 0.1) is 0 Å². The Hall–Kier alpha value is -1.50. The van der Waals surface area contributed by atoms with Crippen LogP contribution in [0.2, 0.25) is 4.34 Å². The van der Waals surface area contributed by atoms with Crippen LogP contribution in [0.1, 0.15) is 10.4 Å². The average Bonchev–Trinajstić information content (AvgIpc) is 2.97. The summed E-state index contributed by atoms with van der Waals surface area (Å²) in [5, 5.41) is 5.38. The van der Waals surface area contributed by atoms with Gasteiger partial charge in [0.05, 0.1) is 16.6 Å². The molecule has 0 saturated heterocycles. The van der Waals surface area contributed by atoms with E-state index in [2.05, 4.69) is 10.6 Å². The highest BCUT2D eigenvalue weighted by Crippen LogP contribution is 2.24. The Kier molecular flexibility index (Phi) is 7.45. The van der Waals surface area contributed by atoms with Crippen LogP contribution in [0.25, 0.3) is 0 Å². The van der Waals surface area contributed by atoms with E-state index in [4.69, 9.17) is 11.6 Å². The zero-order chi connectivity index (χ0) is 16.5. The van der Waals surface area contributed by atoms with Gasteiger partial charge in [-0.05, 0) is 17.7 Å². The van der Waals surface area contributed by atoms with Gasteiger partial charge in [-0.3, -0.25) is 9.59 Å². The zero-order valence-corrected chi connectivity index (χ0v) is 14.8. The molecule has 0 saturated carbocycles. The zero-order valence-electron chi connectivity index (χ0n) is 12.4. The Balaban J connectivity index is 1.57. The van der Waals surface area contributed by atoms with Crippen LogP contribution in [0.4, 0.5) is 0 Å². The molecule has 0 fully saturated rings. The van der Waals surface area contributed by atoms with Crippen molar-refractivity contribution in [3.05, 3.63) is 57.2 Å². The summed E-state index contributed by atoms with van der Waals surface area (Å²) in [5.74, 6) is 0.719. The number of nitrogens with one attached hydrogen (secondary N) is 2. The number of hydrogen-bond donors (Lipinski definition) is 2. The third-order valence-corrected chi connectivity index (χ3v) is 5.28. The van der Waals surface area contributed by atoms with Crippen molar-refractivity contribution in [2.75, 3.05) is 12.3 Å². The van der Waals surface area contributed by atoms with Crippen LogP contribution in [0.5, 0.6) is 0 Å². The first-order chi connectivity index (χ1) is 11.1. The van der Waals surface area contributed by atoms with Crippen LogP contribution >= 0.6 is 34.7 Å². The molecule has 0 aliphatic heterocycles. The van der Waals surface area contributed by atoms with Gasteiger partial charge in [0.1, 0.15) is 0 Å². The van der Waals surface area contributed by atoms with E-state index >= 15 is 0 Å². The van der Waals surface area contributed by atoms with E-state index in [0.29, 0.717) is 12.3 Å². The fourth-order valence-corrected chi connectivity index (χ4v) is 3.82. The minimum Gasteiger partial charge on any atom is -0.350 e. The quantitative estimate of drug-likeness (QED) is 0.752. The fourth-order valence-electron chi connectivity index (χ4n) is 1.76. The van der Waals surface area contributed by atoms with E-state index in [-0.39, 0.29) is 18.4 Å². The summed E-state index contributed by atoms with van der Waals surface area (Å²) in [6.07, 6.45) is 0. The second-order valence-corrected chi connectivity index (χ2v) is 7.52. The molecule has 1 heterocycles. The maximum Gasteiger partial charge on any atom is 0.239 e. The third kappa shape index (κ3) is 7.07. The van der Waals surface area contributed by atoms with Gasteiger partial charge in [0.2, 0.25) is 11.8 Å². The summed E-state index contributed by atoms with van der Waals surface area (Å²) in [6, 6.07) is 13.4. The molecule has 4 nitrogen and oxygen atoms in total. The molecule has 23 heavy (non-hydrogen) atoms. The summed E-state index contributed by atoms with van der Waals surface area (Å²) < 4.78 is 0.750. The topological polar surface area (TPSA) is 58.2 Å². The van der Waals surface area contributed by atoms with Crippen LogP contribution in [0.15, 0.2) is 42.5 Å². The molecule has 2 aromatic rings. The van der Waals surface area contributed by atoms with Gasteiger partial charge in [0, 0.05) is 17.2 Å². The van der Waals surface area contributed by atoms with Gasteiger partial charge in [-0.1, -0.05) is 41.9 Å². The van der Waals surface area contributed by atoms with Gasteiger partial charge < -0.3 is 10.6 Å². The van der Waals surface area contributed by atoms with E-state index in [1.807, 2.05) is 42.5 Å². The molecule has 1 aromatic carbocycles. The first-order valence-corrected chi connectivity index (χ1v) is 9.37. The summed E-state index contributed by atoms with van der Waals surface area (Å²) in [6.45, 7) is 0.459. The number of thioether (sulfide) groups is 1. The van der Waals surface area contributed by atoms with Crippen molar-refractivity contribution in [3.63, 3.8) is 0 Å². The number of halogens is 1. The molecule has 2 amide bonds. The summed E-state index contributed by atoms with van der Waals surface area (Å²) >= 11 is 8.85. The fraction of sp³-hybridized carbons (Fsp3) is 0.250. The highest BCUT2D eigenvalue weighted by atomic mass is 35.5. The number of amides is 2. The molecular formula is C16H17ClN2O2S2. The average molecular weight is 369 g/mol. The van der Waals surface area contributed by atoms with Crippen molar-refractivity contribution in [2.24, 2.45) is 0 Å². The van der Waals surface area contributed by atoms with Crippen molar-refractivity contribution < 1.29 is 9.59 Å². The maximum atomic E-state index is 11.7. The largest absolute Gasteiger partial charge is 0.350 e. The van der Waals surface area contributed by atoms with Crippen LogP contribution in [-0.2, 0) is 21.9 Å². The SMILES string of the molecule is O=C(CNC(=O)CSCc1ccc(Cl)s1)NCc1ccccc1. The number of benzene rings is 1. The molecule has 7 heteroatoms. The third-order valence-electron chi connectivity index (χ3n) is 2.88. The first kappa shape index (κ1) is 17.8. The lowest BCUT2D eigenvalue weighted by molar-refractivity contribution is -0.124. The predicted molar refractivity (Wildman–Crippen MR) is 96.8 cm³/mol. The van der Waals surface area contributed by atoms with Gasteiger partial charge in [-0.2, -0.15) is 0 Å². The molecule has 0 spiro atoms. The van der Waals surface area contributed by atoms with Crippen LogP contribution in [-0.4, -0.2) is 24.1 Å². The second-order valence-electron chi connectivity index (χ2n) is 4.74. The Morgan fingerprint density at radius 2 is 1.83 bits per heavy atom. The van der Waals surface area contributed by atoms with Crippen molar-refractivity contribution >= 4 is 46.5 Å². The number of carbonyl (C=O) groups excluding carboxylic acids is 2. The molecule has 122 valence electrons. The Bertz CT molecular complexity index is 647. The van der Waals surface area contributed by atoms with Crippen LogP contribution in [0.3, 0.4) is 0 Å². The highest BCUT2D eigenvalue weighted by molar-refractivity contribution is 7.99. The standard InChI is InChI=1S/C16H17ClN2O2S2/c17-14-7-6-13(23-14)10-22-11-16(21)19-9-15(20)18-8-12-4-2-1-3-5-12/h1-7H,8-11H2,(H,18,20)(H,19,21). The van der Waals surface area contributed by atoms with Crippen molar-refractivity contribution in [2.45, 2.75) is 12.3 Å². The molecule has 0 bridgehead atoms. The van der Waals surface area contributed by atoms with Crippen molar-refractivity contribution in [1.29, 1.82) is 0 Å². The normalized spacial score (nSPS) is 10.3. The maximum absolute atomic E-state index is 11.7. The Morgan fingerprint density at radius 1 is 1.04 bits per heavy atom. The van der Waals surface area contributed by atoms with E-state index in [9.17, 15) is 9.59 Å². The Labute approximate surface area is 148 Å². The van der Waals surface area contributed by atoms with Gasteiger partial charge in [0.25, 0.3) is 0 Å². The molecule has 0 atom stereocenters.